The molecule has 3 N–H and O–H groups in total. The second-order valence-corrected chi connectivity index (χ2v) is 4.87. The molecule has 0 aromatic heterocycles. The third kappa shape index (κ3) is 5.73. The molecule has 0 aliphatic heterocycles. The number of carboxylic acids is 1. The number of aliphatic carboxylic acids is 1. The van der Waals surface area contributed by atoms with E-state index in [2.05, 4.69) is 0 Å². The van der Waals surface area contributed by atoms with Crippen molar-refractivity contribution < 1.29 is 27.8 Å². The summed E-state index contributed by atoms with van der Waals surface area (Å²) in [4.78, 5) is 10.7. The third-order valence-electron chi connectivity index (χ3n) is 3.02. The van der Waals surface area contributed by atoms with Crippen LogP contribution in [-0.2, 0) is 16.1 Å². The molecule has 3 atom stereocenters. The van der Waals surface area contributed by atoms with E-state index in [9.17, 15) is 18.0 Å². The van der Waals surface area contributed by atoms with Gasteiger partial charge in [0.15, 0.2) is 0 Å². The molecule has 118 valence electrons. The molecule has 1 rings (SSSR count). The van der Waals surface area contributed by atoms with E-state index >= 15 is 0 Å². The number of alkyl halides is 3. The van der Waals surface area contributed by atoms with Gasteiger partial charge in [0.05, 0.1) is 25.0 Å². The van der Waals surface area contributed by atoms with Gasteiger partial charge in [0.1, 0.15) is 0 Å². The van der Waals surface area contributed by atoms with Crippen molar-refractivity contribution in [1.29, 1.82) is 0 Å². The maximum atomic E-state index is 13.0. The fraction of sp³-hybridized carbons (Fsp3) is 0.500. The van der Waals surface area contributed by atoms with Crippen molar-refractivity contribution in [3.05, 3.63) is 35.9 Å². The van der Waals surface area contributed by atoms with Crippen molar-refractivity contribution in [1.82, 2.24) is 0 Å². The summed E-state index contributed by atoms with van der Waals surface area (Å²) in [6.45, 7) is 1.31. The van der Waals surface area contributed by atoms with Gasteiger partial charge in [-0.3, -0.25) is 4.79 Å². The molecule has 1 aromatic carbocycles. The average molecular weight is 305 g/mol. The van der Waals surface area contributed by atoms with Gasteiger partial charge in [0, 0.05) is 6.04 Å². The van der Waals surface area contributed by atoms with E-state index in [1.165, 1.54) is 6.92 Å². The molecule has 0 heterocycles. The fourth-order valence-electron chi connectivity index (χ4n) is 2.01. The molecule has 4 nitrogen and oxygen atoms in total. The molecule has 0 aliphatic carbocycles. The van der Waals surface area contributed by atoms with E-state index < -0.39 is 36.6 Å². The number of ether oxygens (including phenoxy) is 1. The van der Waals surface area contributed by atoms with Gasteiger partial charge in [-0.05, 0) is 12.5 Å². The van der Waals surface area contributed by atoms with Crippen LogP contribution >= 0.6 is 0 Å². The largest absolute Gasteiger partial charge is 0.481 e. The molecule has 21 heavy (non-hydrogen) atoms. The summed E-state index contributed by atoms with van der Waals surface area (Å²) in [7, 11) is 0. The lowest BCUT2D eigenvalue weighted by Crippen LogP contribution is -2.46. The van der Waals surface area contributed by atoms with Gasteiger partial charge in [0.25, 0.3) is 0 Å². The van der Waals surface area contributed by atoms with Crippen molar-refractivity contribution in [2.45, 2.75) is 38.3 Å². The number of hydrogen-bond donors (Lipinski definition) is 2. The van der Waals surface area contributed by atoms with E-state index in [1.54, 1.807) is 30.3 Å². The minimum absolute atomic E-state index is 0.0563. The zero-order chi connectivity index (χ0) is 16.0. The lowest BCUT2D eigenvalue weighted by Gasteiger charge is -2.30. The molecule has 0 radical (unpaired) electrons. The minimum Gasteiger partial charge on any atom is -0.481 e. The summed E-state index contributed by atoms with van der Waals surface area (Å²) in [5.74, 6) is -3.68. The number of nitrogens with two attached hydrogens (primary N) is 1. The van der Waals surface area contributed by atoms with Crippen molar-refractivity contribution in [2.75, 3.05) is 0 Å². The van der Waals surface area contributed by atoms with Crippen LogP contribution in [0.25, 0.3) is 0 Å². The van der Waals surface area contributed by atoms with E-state index in [4.69, 9.17) is 15.6 Å². The SMILES string of the molecule is C[C@H](N)[C@@H](OCc1ccccc1)[C@H](CC(=O)O)C(F)(F)F. The highest BCUT2D eigenvalue weighted by Gasteiger charge is 2.47. The Morgan fingerprint density at radius 2 is 1.90 bits per heavy atom. The Kier molecular flexibility index (Phi) is 6.17. The van der Waals surface area contributed by atoms with Crippen LogP contribution in [-0.4, -0.2) is 29.4 Å². The van der Waals surface area contributed by atoms with Crippen LogP contribution in [0.3, 0.4) is 0 Å². The lowest BCUT2D eigenvalue weighted by atomic mass is 9.93. The molecule has 0 amide bonds. The summed E-state index contributed by atoms with van der Waals surface area (Å²) in [5, 5.41) is 8.67. The second kappa shape index (κ2) is 7.42. The van der Waals surface area contributed by atoms with Gasteiger partial charge >= 0.3 is 12.1 Å². The molecule has 7 heteroatoms. The Morgan fingerprint density at radius 1 is 1.33 bits per heavy atom. The number of halogens is 3. The number of carboxylic acid groups (broad SMARTS) is 1. The Balaban J connectivity index is 2.84. The van der Waals surface area contributed by atoms with Gasteiger partial charge in [-0.15, -0.1) is 0 Å². The molecule has 0 fully saturated rings. The van der Waals surface area contributed by atoms with Crippen LogP contribution in [0.5, 0.6) is 0 Å². The Hall–Kier alpha value is -1.60. The molecule has 0 aliphatic rings. The monoisotopic (exact) mass is 305 g/mol. The summed E-state index contributed by atoms with van der Waals surface area (Å²) in [5.41, 5.74) is 6.25. The van der Waals surface area contributed by atoms with Gasteiger partial charge in [0.2, 0.25) is 0 Å². The van der Waals surface area contributed by atoms with Crippen LogP contribution in [0.2, 0.25) is 0 Å². The van der Waals surface area contributed by atoms with Gasteiger partial charge in [-0.1, -0.05) is 30.3 Å². The number of carbonyl (C=O) groups is 1. The predicted molar refractivity (Wildman–Crippen MR) is 70.5 cm³/mol. The minimum atomic E-state index is -4.69. The summed E-state index contributed by atoms with van der Waals surface area (Å²) in [6.07, 6.45) is -7.17. The van der Waals surface area contributed by atoms with Crippen molar-refractivity contribution in [2.24, 2.45) is 11.7 Å². The molecular weight excluding hydrogens is 287 g/mol. The summed E-state index contributed by atoms with van der Waals surface area (Å²) < 4.78 is 44.3. The maximum absolute atomic E-state index is 13.0. The first kappa shape index (κ1) is 17.5. The van der Waals surface area contributed by atoms with Crippen molar-refractivity contribution >= 4 is 5.97 Å². The number of hydrogen-bond acceptors (Lipinski definition) is 3. The van der Waals surface area contributed by atoms with E-state index in [-0.39, 0.29) is 6.61 Å². The quantitative estimate of drug-likeness (QED) is 0.812. The second-order valence-electron chi connectivity index (χ2n) is 4.87. The smallest absolute Gasteiger partial charge is 0.394 e. The molecule has 1 aromatic rings. The summed E-state index contributed by atoms with van der Waals surface area (Å²) >= 11 is 0. The Bertz CT molecular complexity index is 449. The average Bonchev–Trinajstić information content (AvgIpc) is 2.37. The van der Waals surface area contributed by atoms with Gasteiger partial charge in [-0.2, -0.15) is 13.2 Å². The Morgan fingerprint density at radius 3 is 2.33 bits per heavy atom. The van der Waals surface area contributed by atoms with Crippen molar-refractivity contribution in [3.63, 3.8) is 0 Å². The highest BCUT2D eigenvalue weighted by molar-refractivity contribution is 5.67. The first-order chi connectivity index (χ1) is 9.71. The Labute approximate surface area is 120 Å². The topological polar surface area (TPSA) is 72.5 Å². The van der Waals surface area contributed by atoms with Gasteiger partial charge < -0.3 is 15.6 Å². The van der Waals surface area contributed by atoms with Crippen LogP contribution in [0.4, 0.5) is 13.2 Å². The number of benzene rings is 1. The van der Waals surface area contributed by atoms with Crippen LogP contribution in [0.15, 0.2) is 30.3 Å². The molecule has 0 bridgehead atoms. The fourth-order valence-corrected chi connectivity index (χ4v) is 2.01. The lowest BCUT2D eigenvalue weighted by molar-refractivity contribution is -0.216. The normalized spacial score (nSPS) is 16.2. The molecular formula is C14H18F3NO3. The zero-order valence-corrected chi connectivity index (χ0v) is 11.5. The van der Waals surface area contributed by atoms with Crippen molar-refractivity contribution in [3.8, 4) is 0 Å². The first-order valence-electron chi connectivity index (χ1n) is 6.41. The van der Waals surface area contributed by atoms with E-state index in [1.807, 2.05) is 0 Å². The molecule has 0 spiro atoms. The molecule has 0 unspecified atom stereocenters. The third-order valence-corrected chi connectivity index (χ3v) is 3.02. The van der Waals surface area contributed by atoms with Crippen LogP contribution in [0.1, 0.15) is 18.9 Å². The predicted octanol–water partition coefficient (Wildman–Crippen LogP) is 2.57. The van der Waals surface area contributed by atoms with E-state index in [0.29, 0.717) is 5.56 Å². The number of rotatable bonds is 7. The summed E-state index contributed by atoms with van der Waals surface area (Å²) in [6, 6.07) is 7.71. The van der Waals surface area contributed by atoms with E-state index in [0.717, 1.165) is 0 Å². The standard InChI is InChI=1S/C14H18F3NO3/c1-9(18)13(11(7-12(19)20)14(15,16)17)21-8-10-5-3-2-4-6-10/h2-6,9,11,13H,7-8,18H2,1H3,(H,19,20)/t9-,11-,13+/m0/s1. The zero-order valence-electron chi connectivity index (χ0n) is 11.5. The highest BCUT2D eigenvalue weighted by Crippen LogP contribution is 2.34. The molecule has 0 saturated heterocycles. The van der Waals surface area contributed by atoms with Crippen LogP contribution < -0.4 is 5.73 Å². The van der Waals surface area contributed by atoms with Gasteiger partial charge in [-0.25, -0.2) is 0 Å². The van der Waals surface area contributed by atoms with Crippen LogP contribution in [0, 0.1) is 5.92 Å². The first-order valence-corrected chi connectivity index (χ1v) is 6.41. The highest BCUT2D eigenvalue weighted by atomic mass is 19.4. The molecule has 0 saturated carbocycles. The maximum Gasteiger partial charge on any atom is 0.394 e.